The summed E-state index contributed by atoms with van der Waals surface area (Å²) in [7, 11) is 0. The highest BCUT2D eigenvalue weighted by molar-refractivity contribution is 9.10. The average molecular weight is 334 g/mol. The van der Waals surface area contributed by atoms with Crippen molar-refractivity contribution in [3.05, 3.63) is 64.1 Å². The van der Waals surface area contributed by atoms with Crippen LogP contribution in [0.5, 0.6) is 5.75 Å². The maximum absolute atomic E-state index is 5.64. The largest absolute Gasteiger partial charge is 0.494 e. The Bertz CT molecular complexity index is 539. The molecule has 0 aromatic heterocycles. The van der Waals surface area contributed by atoms with Crippen molar-refractivity contribution >= 4 is 15.9 Å². The summed E-state index contributed by atoms with van der Waals surface area (Å²) in [5, 5.41) is 3.54. The molecule has 0 radical (unpaired) electrons. The van der Waals surface area contributed by atoms with E-state index in [0.29, 0.717) is 12.6 Å². The van der Waals surface area contributed by atoms with Gasteiger partial charge in [-0.1, -0.05) is 46.3 Å². The molecule has 0 fully saturated rings. The summed E-state index contributed by atoms with van der Waals surface area (Å²) in [4.78, 5) is 0. The molecule has 0 saturated heterocycles. The average Bonchev–Trinajstić information content (AvgIpc) is 2.47. The van der Waals surface area contributed by atoms with Crippen LogP contribution in [0.25, 0.3) is 0 Å². The fourth-order valence-corrected chi connectivity index (χ4v) is 2.34. The Kier molecular flexibility index (Phi) is 5.62. The molecule has 0 amide bonds. The maximum Gasteiger partial charge on any atom is 0.123 e. The van der Waals surface area contributed by atoms with Crippen molar-refractivity contribution in [3.8, 4) is 5.75 Å². The van der Waals surface area contributed by atoms with E-state index in [1.807, 2.05) is 25.1 Å². The van der Waals surface area contributed by atoms with Crippen LogP contribution in [0.4, 0.5) is 0 Å². The standard InChI is InChI=1S/C17H20BrNO/c1-3-20-17-7-5-4-6-15(17)12-19-13(2)14-8-10-16(18)11-9-14/h4-11,13,19H,3,12H2,1-2H3/t13-/m1/s1. The smallest absolute Gasteiger partial charge is 0.123 e. The first kappa shape index (κ1) is 15.1. The van der Waals surface area contributed by atoms with Crippen molar-refractivity contribution in [2.75, 3.05) is 6.61 Å². The van der Waals surface area contributed by atoms with Gasteiger partial charge in [0.2, 0.25) is 0 Å². The first-order valence-electron chi connectivity index (χ1n) is 6.90. The maximum atomic E-state index is 5.64. The number of halogens is 1. The van der Waals surface area contributed by atoms with Gasteiger partial charge in [-0.3, -0.25) is 0 Å². The molecule has 0 unspecified atom stereocenters. The molecule has 0 bridgehead atoms. The number of hydrogen-bond acceptors (Lipinski definition) is 2. The van der Waals surface area contributed by atoms with Gasteiger partial charge in [0.05, 0.1) is 6.61 Å². The molecule has 0 aliphatic carbocycles. The topological polar surface area (TPSA) is 21.3 Å². The second kappa shape index (κ2) is 7.46. The third-order valence-electron chi connectivity index (χ3n) is 3.24. The van der Waals surface area contributed by atoms with Crippen LogP contribution >= 0.6 is 15.9 Å². The van der Waals surface area contributed by atoms with Crippen LogP contribution in [-0.4, -0.2) is 6.61 Å². The molecule has 1 atom stereocenters. The van der Waals surface area contributed by atoms with E-state index in [0.717, 1.165) is 16.8 Å². The van der Waals surface area contributed by atoms with Crippen molar-refractivity contribution in [2.45, 2.75) is 26.4 Å². The van der Waals surface area contributed by atoms with Crippen molar-refractivity contribution in [3.63, 3.8) is 0 Å². The van der Waals surface area contributed by atoms with Crippen molar-refractivity contribution in [2.24, 2.45) is 0 Å². The molecule has 0 spiro atoms. The van der Waals surface area contributed by atoms with Gasteiger partial charge in [0, 0.05) is 22.6 Å². The number of hydrogen-bond donors (Lipinski definition) is 1. The highest BCUT2D eigenvalue weighted by Crippen LogP contribution is 2.20. The second-order valence-corrected chi connectivity index (χ2v) is 5.61. The molecule has 2 aromatic rings. The first-order chi connectivity index (χ1) is 9.70. The Hall–Kier alpha value is -1.32. The van der Waals surface area contributed by atoms with E-state index in [1.165, 1.54) is 11.1 Å². The number of rotatable bonds is 6. The van der Waals surface area contributed by atoms with Gasteiger partial charge >= 0.3 is 0 Å². The van der Waals surface area contributed by atoms with E-state index < -0.39 is 0 Å². The lowest BCUT2D eigenvalue weighted by Gasteiger charge is -2.16. The highest BCUT2D eigenvalue weighted by Gasteiger charge is 2.07. The predicted octanol–water partition coefficient (Wildman–Crippen LogP) is 4.70. The van der Waals surface area contributed by atoms with Crippen LogP contribution in [-0.2, 0) is 6.54 Å². The zero-order valence-corrected chi connectivity index (χ0v) is 13.5. The summed E-state index contributed by atoms with van der Waals surface area (Å²) < 4.78 is 6.75. The zero-order chi connectivity index (χ0) is 14.4. The Morgan fingerprint density at radius 1 is 1.10 bits per heavy atom. The van der Waals surface area contributed by atoms with Gasteiger partial charge in [0.1, 0.15) is 5.75 Å². The molecule has 106 valence electrons. The minimum atomic E-state index is 0.304. The van der Waals surface area contributed by atoms with Crippen molar-refractivity contribution < 1.29 is 4.74 Å². The SMILES string of the molecule is CCOc1ccccc1CN[C@H](C)c1ccc(Br)cc1. The van der Waals surface area contributed by atoms with Gasteiger partial charge in [-0.05, 0) is 37.6 Å². The van der Waals surface area contributed by atoms with Crippen LogP contribution in [0, 0.1) is 0 Å². The highest BCUT2D eigenvalue weighted by atomic mass is 79.9. The quantitative estimate of drug-likeness (QED) is 0.827. The van der Waals surface area contributed by atoms with E-state index in [1.54, 1.807) is 0 Å². The lowest BCUT2D eigenvalue weighted by atomic mass is 10.1. The Labute approximate surface area is 129 Å². The third kappa shape index (κ3) is 4.09. The molecule has 0 aliphatic heterocycles. The molecule has 2 aromatic carbocycles. The lowest BCUT2D eigenvalue weighted by molar-refractivity contribution is 0.335. The van der Waals surface area contributed by atoms with Gasteiger partial charge < -0.3 is 10.1 Å². The Morgan fingerprint density at radius 3 is 2.50 bits per heavy atom. The predicted molar refractivity (Wildman–Crippen MR) is 87.0 cm³/mol. The number of nitrogens with one attached hydrogen (secondary N) is 1. The summed E-state index contributed by atoms with van der Waals surface area (Å²) >= 11 is 3.46. The van der Waals surface area contributed by atoms with Gasteiger partial charge in [0.15, 0.2) is 0 Å². The summed E-state index contributed by atoms with van der Waals surface area (Å²) in [5.74, 6) is 0.963. The molecule has 3 heteroatoms. The fourth-order valence-electron chi connectivity index (χ4n) is 2.08. The minimum Gasteiger partial charge on any atom is -0.494 e. The molecule has 20 heavy (non-hydrogen) atoms. The Balaban J connectivity index is 1.99. The van der Waals surface area contributed by atoms with Crippen LogP contribution < -0.4 is 10.1 Å². The Morgan fingerprint density at radius 2 is 1.80 bits per heavy atom. The molecular weight excluding hydrogens is 314 g/mol. The summed E-state index contributed by atoms with van der Waals surface area (Å²) in [6.07, 6.45) is 0. The summed E-state index contributed by atoms with van der Waals surface area (Å²) in [5.41, 5.74) is 2.47. The summed E-state index contributed by atoms with van der Waals surface area (Å²) in [6, 6.07) is 16.9. The van der Waals surface area contributed by atoms with Crippen molar-refractivity contribution in [1.82, 2.24) is 5.32 Å². The number of para-hydroxylation sites is 1. The van der Waals surface area contributed by atoms with Crippen LogP contribution in [0.3, 0.4) is 0 Å². The zero-order valence-electron chi connectivity index (χ0n) is 11.9. The van der Waals surface area contributed by atoms with Gasteiger partial charge in [-0.15, -0.1) is 0 Å². The second-order valence-electron chi connectivity index (χ2n) is 4.69. The monoisotopic (exact) mass is 333 g/mol. The normalized spacial score (nSPS) is 12.2. The first-order valence-corrected chi connectivity index (χ1v) is 7.69. The van der Waals surface area contributed by atoms with E-state index in [4.69, 9.17) is 4.74 Å². The van der Waals surface area contributed by atoms with E-state index >= 15 is 0 Å². The molecule has 2 nitrogen and oxygen atoms in total. The molecular formula is C17H20BrNO. The van der Waals surface area contributed by atoms with Gasteiger partial charge in [-0.25, -0.2) is 0 Å². The summed E-state index contributed by atoms with van der Waals surface area (Å²) in [6.45, 7) is 5.67. The number of ether oxygens (including phenoxy) is 1. The van der Waals surface area contributed by atoms with Crippen molar-refractivity contribution in [1.29, 1.82) is 0 Å². The van der Waals surface area contributed by atoms with Crippen LogP contribution in [0.15, 0.2) is 53.0 Å². The number of benzene rings is 2. The molecule has 1 N–H and O–H groups in total. The lowest BCUT2D eigenvalue weighted by Crippen LogP contribution is -2.18. The fraction of sp³-hybridized carbons (Fsp3) is 0.294. The molecule has 2 rings (SSSR count). The van der Waals surface area contributed by atoms with Gasteiger partial charge in [0.25, 0.3) is 0 Å². The van der Waals surface area contributed by atoms with E-state index in [-0.39, 0.29) is 0 Å². The van der Waals surface area contributed by atoms with Gasteiger partial charge in [-0.2, -0.15) is 0 Å². The third-order valence-corrected chi connectivity index (χ3v) is 3.77. The molecule has 0 saturated carbocycles. The molecule has 0 aliphatic rings. The van der Waals surface area contributed by atoms with Crippen LogP contribution in [0.1, 0.15) is 31.0 Å². The van der Waals surface area contributed by atoms with E-state index in [9.17, 15) is 0 Å². The minimum absolute atomic E-state index is 0.304. The van der Waals surface area contributed by atoms with Crippen LogP contribution in [0.2, 0.25) is 0 Å². The van der Waals surface area contributed by atoms with E-state index in [2.05, 4.69) is 58.5 Å². The molecule has 0 heterocycles.